The number of para-hydroxylation sites is 1. The lowest BCUT2D eigenvalue weighted by Crippen LogP contribution is -2.62. The molecule has 0 fully saturated rings. The number of benzene rings is 2. The number of unbranched alkanes of at least 4 members (excludes halogenated alkanes) is 2. The Balaban J connectivity index is 2.12. The van der Waals surface area contributed by atoms with Crippen molar-refractivity contribution >= 4 is 171 Å². The van der Waals surface area contributed by atoms with E-state index in [1.54, 1.807) is 74.7 Å². The summed E-state index contributed by atoms with van der Waals surface area (Å²) in [6.07, 6.45) is -3.59. The number of carbonyl (C=O) groups is 20. The molecule has 0 spiro atoms. The van der Waals surface area contributed by atoms with E-state index in [1.165, 1.54) is 24.9 Å². The van der Waals surface area contributed by atoms with Crippen LogP contribution in [-0.4, -0.2) is 310 Å². The molecular weight excluding hydrogens is 1940 g/mol. The zero-order valence-electron chi connectivity index (χ0n) is 81.7. The second-order valence-electron chi connectivity index (χ2n) is 34.7. The Hall–Kier alpha value is -14.3. The summed E-state index contributed by atoms with van der Waals surface area (Å²) in [6, 6.07) is -11.5. The van der Waals surface area contributed by atoms with Crippen molar-refractivity contribution < 1.29 is 111 Å². The number of guanidine groups is 3. The summed E-state index contributed by atoms with van der Waals surface area (Å²) in [5.74, 6) is -24.3. The maximum atomic E-state index is 15.3. The third-order valence-corrected chi connectivity index (χ3v) is 23.4. The summed E-state index contributed by atoms with van der Waals surface area (Å²) in [4.78, 5) is 282. The Bertz CT molecular complexity index is 4890. The molecule has 54 nitrogen and oxygen atoms in total. The number of fused-ring (bicyclic) bond motifs is 1. The molecular formula is C89H145N31O23S2. The van der Waals surface area contributed by atoms with Gasteiger partial charge in [-0.3, -0.25) is 107 Å². The van der Waals surface area contributed by atoms with E-state index in [2.05, 4.69) is 113 Å². The number of aliphatic hydroxyl groups is 1. The predicted molar refractivity (Wildman–Crippen MR) is 537 cm³/mol. The van der Waals surface area contributed by atoms with Crippen molar-refractivity contribution in [3.8, 4) is 0 Å². The molecule has 18 amide bonds. The highest BCUT2D eigenvalue weighted by molar-refractivity contribution is 7.98. The van der Waals surface area contributed by atoms with Crippen LogP contribution in [0.15, 0.2) is 60.8 Å². The number of hydrogen-bond donors (Lipinski definition) is 35. The number of aromatic nitrogens is 1. The summed E-state index contributed by atoms with van der Waals surface area (Å²) in [7, 11) is 0. The molecule has 0 unspecified atom stereocenters. The van der Waals surface area contributed by atoms with Crippen LogP contribution in [0.5, 0.6) is 0 Å². The van der Waals surface area contributed by atoms with Crippen LogP contribution >= 0.6 is 24.4 Å². The van der Waals surface area contributed by atoms with Crippen molar-refractivity contribution in [1.82, 2.24) is 101 Å². The monoisotopic (exact) mass is 2080 g/mol. The van der Waals surface area contributed by atoms with Gasteiger partial charge >= 0.3 is 11.9 Å². The van der Waals surface area contributed by atoms with Crippen molar-refractivity contribution in [3.05, 3.63) is 71.9 Å². The van der Waals surface area contributed by atoms with Gasteiger partial charge in [0.25, 0.3) is 0 Å². The van der Waals surface area contributed by atoms with Gasteiger partial charge in [-0.05, 0) is 165 Å². The number of carbonyl (C=O) groups excluding carboxylic acids is 18. The summed E-state index contributed by atoms with van der Waals surface area (Å²) in [5.41, 5.74) is 52.1. The first kappa shape index (κ1) is 125. The second-order valence-corrected chi connectivity index (χ2v) is 36.1. The molecule has 0 aliphatic rings. The van der Waals surface area contributed by atoms with E-state index in [0.29, 0.717) is 34.9 Å². The molecule has 1 heterocycles. The first-order chi connectivity index (χ1) is 68.5. The van der Waals surface area contributed by atoms with E-state index in [-0.39, 0.29) is 121 Å². The minimum absolute atomic E-state index is 0.0149. The highest BCUT2D eigenvalue weighted by Gasteiger charge is 2.41. The standard InChI is InChI=1S/C89H145N31O23S2/c1-45(2)69(84(140)114-60(86(142)143)26-17-38-104-89(100)101)119-79(135)54(23-12-14-35-91)107-73(129)55(24-15-36-102-87(96)97)109-78(134)59(33-39-145-5)112-82(138)63(42-67(95)124)117-74(130)56(25-16-37-103-88(98)99)108-76(132)57(28-30-65(93)122)111-81(137)62(41-49-43-105-52-21-10-9-20-50(49)52)116-77(133)58(29-31-66(94)123)110-80(136)61(40-48-18-7-6-8-19-48)115-83(139)64(44-144)118-75(131)53(22-11-13-34-90)113-85(141)70(47(4)121)120-71(127)46(3)106-72(128)51(92)27-32-68(125)126/h6-10,18-21,43,45-47,51,53-64,69-70,105,121,144H,11-17,22-42,44,90-92H2,1-5H3,(H2,93,122)(H2,94,123)(H2,95,124)(H,106,128)(H,107,129)(H,108,132)(H,109,134)(H,110,136)(H,111,137)(H,112,138)(H,113,141)(H,114,140)(H,115,139)(H,116,133)(H,117,130)(H,118,131)(H,119,135)(H,120,127)(H,125,126)(H,142,143)(H4,96,97,102)(H4,98,99,103)(H4,100,101,104)/t46-,47+,51-,53-,54-,55-,56-,57-,58-,59-,60-,61-,62-,63-,64-,69-,70-/m0/s1. The maximum Gasteiger partial charge on any atom is 0.326 e. The number of thiol groups is 1. The fourth-order valence-electron chi connectivity index (χ4n) is 14.4. The van der Waals surface area contributed by atoms with E-state index >= 15 is 19.2 Å². The zero-order chi connectivity index (χ0) is 109. The largest absolute Gasteiger partial charge is 0.481 e. The Labute approximate surface area is 847 Å². The normalized spacial score (nSPS) is 14.6. The summed E-state index contributed by atoms with van der Waals surface area (Å²) >= 11 is 5.53. The second kappa shape index (κ2) is 66.6. The van der Waals surface area contributed by atoms with Crippen molar-refractivity contribution in [1.29, 1.82) is 16.2 Å². The van der Waals surface area contributed by atoms with Gasteiger partial charge in [0.1, 0.15) is 90.6 Å². The highest BCUT2D eigenvalue weighted by atomic mass is 32.2. The van der Waals surface area contributed by atoms with Crippen LogP contribution in [0.25, 0.3) is 10.9 Å². The van der Waals surface area contributed by atoms with Crippen LogP contribution in [0.4, 0.5) is 0 Å². The quantitative estimate of drug-likeness (QED) is 0.0108. The van der Waals surface area contributed by atoms with Gasteiger partial charge in [0.15, 0.2) is 17.9 Å². The molecule has 56 heteroatoms. The lowest BCUT2D eigenvalue weighted by molar-refractivity contribution is -0.143. The lowest BCUT2D eigenvalue weighted by atomic mass is 10.0. The van der Waals surface area contributed by atoms with Crippen molar-refractivity contribution in [2.75, 3.05) is 50.5 Å². The zero-order valence-corrected chi connectivity index (χ0v) is 83.4. The SMILES string of the molecule is CSCC[C@H](NC(=O)[C@H](CC(N)=O)NC(=O)[C@H](CCCNC(=N)N)NC(=O)[C@H](CCC(N)=O)NC(=O)[C@H](Cc1c[nH]c2ccccc12)NC(=O)[C@H](CCC(N)=O)NC(=O)[C@H](Cc1ccccc1)NC(=O)[C@H](CS)NC(=O)[C@H](CCCCN)NC(=O)[C@@H](NC(=O)[C@H](C)NC(=O)[C@@H](N)CCC(=O)O)[C@@H](C)O)C(=O)N[C@@H](CCCNC(=N)N)C(=O)N[C@@H](CCCCN)C(=O)N[C@H](C(=O)N[C@@H](CCCNC(=N)N)C(=O)O)C(C)C. The van der Waals surface area contributed by atoms with E-state index in [0.717, 1.165) is 6.92 Å². The van der Waals surface area contributed by atoms with Gasteiger partial charge in [0.05, 0.1) is 18.6 Å². The fourth-order valence-corrected chi connectivity index (χ4v) is 15.2. The molecule has 1 aromatic heterocycles. The molecule has 145 heavy (non-hydrogen) atoms. The number of primary amides is 3. The van der Waals surface area contributed by atoms with Gasteiger partial charge in [-0.25, -0.2) is 4.79 Å². The molecule has 0 aliphatic carbocycles. The third-order valence-electron chi connectivity index (χ3n) is 22.4. The van der Waals surface area contributed by atoms with Gasteiger partial charge in [-0.2, -0.15) is 24.4 Å². The van der Waals surface area contributed by atoms with Crippen LogP contribution in [0.2, 0.25) is 0 Å². The number of hydrogen-bond acceptors (Lipinski definition) is 29. The molecule has 3 aromatic rings. The Morgan fingerprint density at radius 2 is 0.738 bits per heavy atom. The average Bonchev–Trinajstić information content (AvgIpc) is 1.70. The van der Waals surface area contributed by atoms with E-state index in [1.807, 2.05) is 0 Å². The number of nitrogens with two attached hydrogens (primary N) is 9. The molecule has 17 atom stereocenters. The molecule has 2 aromatic carbocycles. The molecule has 43 N–H and O–H groups in total. The summed E-state index contributed by atoms with van der Waals surface area (Å²) in [5, 5.41) is 98.3. The first-order valence-electron chi connectivity index (χ1n) is 47.2. The number of carboxylic acids is 2. The number of carboxylic acid groups (broad SMARTS) is 2. The average molecular weight is 2080 g/mol. The van der Waals surface area contributed by atoms with Crippen molar-refractivity contribution in [3.63, 3.8) is 0 Å². The molecule has 0 saturated carbocycles. The smallest absolute Gasteiger partial charge is 0.326 e. The number of H-pyrrole nitrogens is 1. The number of amides is 18. The number of rotatable bonds is 72. The molecule has 0 saturated heterocycles. The molecule has 0 bridgehead atoms. The number of aliphatic carboxylic acids is 2. The van der Waals surface area contributed by atoms with E-state index < -0.39 is 296 Å². The highest BCUT2D eigenvalue weighted by Crippen LogP contribution is 2.22. The Morgan fingerprint density at radius 3 is 1.15 bits per heavy atom. The molecule has 0 radical (unpaired) electrons. The number of aliphatic hydroxyl groups excluding tert-OH is 1. The van der Waals surface area contributed by atoms with E-state index in [9.17, 15) is 86.9 Å². The molecule has 3 rings (SSSR count). The minimum atomic E-state index is -2.00. The van der Waals surface area contributed by atoms with Crippen LogP contribution in [0.1, 0.15) is 167 Å². The number of aromatic amines is 1. The van der Waals surface area contributed by atoms with Gasteiger partial charge in [0.2, 0.25) is 106 Å². The Morgan fingerprint density at radius 1 is 0.379 bits per heavy atom. The number of thioether (sulfide) groups is 1. The van der Waals surface area contributed by atoms with Crippen LogP contribution in [0.3, 0.4) is 0 Å². The van der Waals surface area contributed by atoms with Crippen molar-refractivity contribution in [2.24, 2.45) is 57.5 Å². The third kappa shape index (κ3) is 48.1. The predicted octanol–water partition coefficient (Wildman–Crippen LogP) is -9.30. The van der Waals surface area contributed by atoms with Crippen LogP contribution < -0.4 is 147 Å². The van der Waals surface area contributed by atoms with Crippen LogP contribution in [-0.2, 0) is 109 Å². The van der Waals surface area contributed by atoms with Gasteiger partial charge in [-0.1, -0.05) is 62.4 Å². The maximum absolute atomic E-state index is 15.3. The van der Waals surface area contributed by atoms with Gasteiger partial charge in [-0.15, -0.1) is 0 Å². The number of nitrogens with one attached hydrogen (secondary N) is 22. The lowest BCUT2D eigenvalue weighted by Gasteiger charge is -2.29. The summed E-state index contributed by atoms with van der Waals surface area (Å²) < 4.78 is 0. The first-order valence-corrected chi connectivity index (χ1v) is 49.2. The Kier molecular flexibility index (Phi) is 57.3. The van der Waals surface area contributed by atoms with Crippen molar-refractivity contribution in [2.45, 2.75) is 272 Å². The topological polar surface area (TPSA) is 940 Å². The molecule has 806 valence electrons. The minimum Gasteiger partial charge on any atom is -0.481 e. The molecule has 0 aliphatic heterocycles. The summed E-state index contributed by atoms with van der Waals surface area (Å²) in [6.45, 7) is 5.71. The van der Waals surface area contributed by atoms with Crippen LogP contribution in [0, 0.1) is 22.1 Å². The van der Waals surface area contributed by atoms with Gasteiger partial charge < -0.3 is 168 Å². The fraction of sp³-hybridized carbons (Fsp3) is 0.584. The van der Waals surface area contributed by atoms with E-state index in [4.69, 9.17) is 72.9 Å². The van der Waals surface area contributed by atoms with Gasteiger partial charge in [0, 0.05) is 74.6 Å².